The molecule has 1 nitrogen and oxygen atoms in total. The van der Waals surface area contributed by atoms with Gasteiger partial charge in [-0.1, -0.05) is 31.5 Å². The summed E-state index contributed by atoms with van der Waals surface area (Å²) < 4.78 is 27.6. The first kappa shape index (κ1) is 12.5. The highest BCUT2D eigenvalue weighted by molar-refractivity contribution is 5.36. The van der Waals surface area contributed by atoms with Gasteiger partial charge in [0, 0.05) is 23.9 Å². The van der Waals surface area contributed by atoms with Gasteiger partial charge in [0.2, 0.25) is 0 Å². The fourth-order valence-electron chi connectivity index (χ4n) is 2.30. The van der Waals surface area contributed by atoms with Gasteiger partial charge in [-0.15, -0.1) is 0 Å². The van der Waals surface area contributed by atoms with E-state index >= 15 is 0 Å². The summed E-state index contributed by atoms with van der Waals surface area (Å²) in [7, 11) is 0. The van der Waals surface area contributed by atoms with Crippen LogP contribution in [0.2, 0.25) is 0 Å². The minimum atomic E-state index is -2.71. The molecule has 0 amide bonds. The Kier molecular flexibility index (Phi) is 3.21. The van der Waals surface area contributed by atoms with Gasteiger partial charge in [0.15, 0.2) is 0 Å². The van der Waals surface area contributed by atoms with Crippen molar-refractivity contribution in [1.29, 1.82) is 0 Å². The molecule has 1 aliphatic rings. The topological polar surface area (TPSA) is 26.0 Å². The molecule has 1 fully saturated rings. The number of rotatable bonds is 5. The first-order valence-electron chi connectivity index (χ1n) is 6.23. The standard InChI is InChI=1S/C14H19F2N/c1-2-6-14(15,16)12-5-3-4-11(9-12)13(10-17)7-8-13/h3-5,9H,2,6-8,10,17H2,1H3. The molecular formula is C14H19F2N. The van der Waals surface area contributed by atoms with E-state index in [1.54, 1.807) is 19.1 Å². The second-order valence-corrected chi connectivity index (χ2v) is 5.02. The maximum absolute atomic E-state index is 13.8. The Morgan fingerprint density at radius 2 is 2.06 bits per heavy atom. The molecule has 3 heteroatoms. The molecule has 0 unspecified atom stereocenters. The summed E-state index contributed by atoms with van der Waals surface area (Å²) in [5.41, 5.74) is 6.83. The van der Waals surface area contributed by atoms with E-state index in [9.17, 15) is 8.78 Å². The molecule has 94 valence electrons. The SMILES string of the molecule is CCCC(F)(F)c1cccc(C2(CN)CC2)c1. The summed E-state index contributed by atoms with van der Waals surface area (Å²) in [6.07, 6.45) is 2.43. The Morgan fingerprint density at radius 1 is 1.35 bits per heavy atom. The van der Waals surface area contributed by atoms with E-state index < -0.39 is 5.92 Å². The van der Waals surface area contributed by atoms with Crippen molar-refractivity contribution >= 4 is 0 Å². The van der Waals surface area contributed by atoms with E-state index in [-0.39, 0.29) is 17.4 Å². The van der Waals surface area contributed by atoms with Crippen molar-refractivity contribution in [1.82, 2.24) is 0 Å². The van der Waals surface area contributed by atoms with Crippen LogP contribution in [0.15, 0.2) is 24.3 Å². The van der Waals surface area contributed by atoms with Gasteiger partial charge in [-0.05, 0) is 24.5 Å². The fourth-order valence-corrected chi connectivity index (χ4v) is 2.30. The molecule has 0 saturated heterocycles. The van der Waals surface area contributed by atoms with Crippen molar-refractivity contribution in [2.75, 3.05) is 6.54 Å². The zero-order valence-electron chi connectivity index (χ0n) is 10.2. The zero-order valence-corrected chi connectivity index (χ0v) is 10.2. The molecule has 17 heavy (non-hydrogen) atoms. The summed E-state index contributed by atoms with van der Waals surface area (Å²) >= 11 is 0. The third-order valence-corrected chi connectivity index (χ3v) is 3.71. The quantitative estimate of drug-likeness (QED) is 0.835. The first-order valence-corrected chi connectivity index (χ1v) is 6.23. The number of alkyl halides is 2. The van der Waals surface area contributed by atoms with Gasteiger partial charge >= 0.3 is 0 Å². The smallest absolute Gasteiger partial charge is 0.273 e. The third kappa shape index (κ3) is 2.34. The van der Waals surface area contributed by atoms with Gasteiger partial charge in [-0.3, -0.25) is 0 Å². The van der Waals surface area contributed by atoms with Crippen molar-refractivity contribution < 1.29 is 8.78 Å². The van der Waals surface area contributed by atoms with E-state index in [4.69, 9.17) is 5.73 Å². The van der Waals surface area contributed by atoms with Crippen LogP contribution in [-0.4, -0.2) is 6.54 Å². The highest BCUT2D eigenvalue weighted by atomic mass is 19.3. The van der Waals surface area contributed by atoms with Crippen LogP contribution in [-0.2, 0) is 11.3 Å². The van der Waals surface area contributed by atoms with Crippen molar-refractivity contribution in [3.05, 3.63) is 35.4 Å². The average molecular weight is 239 g/mol. The van der Waals surface area contributed by atoms with E-state index in [1.807, 2.05) is 6.07 Å². The van der Waals surface area contributed by atoms with Crippen LogP contribution < -0.4 is 5.73 Å². The number of halogens is 2. The summed E-state index contributed by atoms with van der Waals surface area (Å²) in [6.45, 7) is 2.33. The molecule has 1 aliphatic carbocycles. The fraction of sp³-hybridized carbons (Fsp3) is 0.571. The Morgan fingerprint density at radius 3 is 2.59 bits per heavy atom. The molecule has 2 N–H and O–H groups in total. The maximum Gasteiger partial charge on any atom is 0.273 e. The molecule has 1 saturated carbocycles. The van der Waals surface area contributed by atoms with Crippen LogP contribution in [0.1, 0.15) is 43.7 Å². The third-order valence-electron chi connectivity index (χ3n) is 3.71. The monoisotopic (exact) mass is 239 g/mol. The molecular weight excluding hydrogens is 220 g/mol. The lowest BCUT2D eigenvalue weighted by Crippen LogP contribution is -2.21. The molecule has 0 spiro atoms. The van der Waals surface area contributed by atoms with Crippen LogP contribution >= 0.6 is 0 Å². The van der Waals surface area contributed by atoms with Gasteiger partial charge < -0.3 is 5.73 Å². The lowest BCUT2D eigenvalue weighted by Gasteiger charge is -2.19. The van der Waals surface area contributed by atoms with Crippen molar-refractivity contribution in [2.45, 2.75) is 43.9 Å². The molecule has 0 radical (unpaired) electrons. The number of hydrogen-bond donors (Lipinski definition) is 1. The minimum Gasteiger partial charge on any atom is -0.330 e. The predicted molar refractivity (Wildman–Crippen MR) is 65.2 cm³/mol. The second kappa shape index (κ2) is 4.37. The molecule has 0 aliphatic heterocycles. The molecule has 0 atom stereocenters. The highest BCUT2D eigenvalue weighted by Gasteiger charge is 2.43. The van der Waals surface area contributed by atoms with E-state index in [1.165, 1.54) is 6.07 Å². The first-order chi connectivity index (χ1) is 8.04. The Hall–Kier alpha value is -0.960. The van der Waals surface area contributed by atoms with Crippen LogP contribution in [0.25, 0.3) is 0 Å². The van der Waals surface area contributed by atoms with E-state index in [0.29, 0.717) is 13.0 Å². The number of nitrogens with two attached hydrogens (primary N) is 1. The summed E-state index contributed by atoms with van der Waals surface area (Å²) in [5.74, 6) is -2.71. The van der Waals surface area contributed by atoms with Gasteiger partial charge in [0.25, 0.3) is 5.92 Å². The van der Waals surface area contributed by atoms with E-state index in [0.717, 1.165) is 18.4 Å². The minimum absolute atomic E-state index is 0.0156. The van der Waals surface area contributed by atoms with Crippen molar-refractivity contribution in [2.24, 2.45) is 5.73 Å². The van der Waals surface area contributed by atoms with Crippen LogP contribution in [0.3, 0.4) is 0 Å². The summed E-state index contributed by atoms with van der Waals surface area (Å²) in [5, 5.41) is 0. The Balaban J connectivity index is 2.29. The van der Waals surface area contributed by atoms with Gasteiger partial charge in [0.1, 0.15) is 0 Å². The average Bonchev–Trinajstić information content (AvgIpc) is 3.10. The largest absolute Gasteiger partial charge is 0.330 e. The van der Waals surface area contributed by atoms with Crippen LogP contribution in [0.5, 0.6) is 0 Å². The summed E-state index contributed by atoms with van der Waals surface area (Å²) in [6, 6.07) is 6.82. The highest BCUT2D eigenvalue weighted by Crippen LogP contribution is 2.48. The molecule has 0 heterocycles. The number of benzene rings is 1. The lowest BCUT2D eigenvalue weighted by molar-refractivity contribution is -0.0141. The Labute approximate surface area is 101 Å². The molecule has 1 aromatic rings. The van der Waals surface area contributed by atoms with Crippen LogP contribution in [0, 0.1) is 0 Å². The van der Waals surface area contributed by atoms with Gasteiger partial charge in [0.05, 0.1) is 0 Å². The van der Waals surface area contributed by atoms with Crippen LogP contribution in [0.4, 0.5) is 8.78 Å². The normalized spacial score (nSPS) is 18.1. The molecule has 1 aromatic carbocycles. The molecule has 2 rings (SSSR count). The maximum atomic E-state index is 13.8. The van der Waals surface area contributed by atoms with E-state index in [2.05, 4.69) is 0 Å². The Bertz CT molecular complexity index is 397. The zero-order chi connectivity index (χ0) is 12.5. The second-order valence-electron chi connectivity index (χ2n) is 5.02. The molecule has 0 aromatic heterocycles. The van der Waals surface area contributed by atoms with Gasteiger partial charge in [-0.2, -0.15) is 0 Å². The number of hydrogen-bond acceptors (Lipinski definition) is 1. The predicted octanol–water partition coefficient (Wildman–Crippen LogP) is 3.57. The summed E-state index contributed by atoms with van der Waals surface area (Å²) in [4.78, 5) is 0. The lowest BCUT2D eigenvalue weighted by atomic mass is 9.92. The van der Waals surface area contributed by atoms with Crippen molar-refractivity contribution in [3.8, 4) is 0 Å². The molecule has 0 bridgehead atoms. The van der Waals surface area contributed by atoms with Crippen molar-refractivity contribution in [3.63, 3.8) is 0 Å². The van der Waals surface area contributed by atoms with Gasteiger partial charge in [-0.25, -0.2) is 8.78 Å².